The van der Waals surface area contributed by atoms with Gasteiger partial charge in [0.25, 0.3) is 0 Å². The molecular weight excluding hydrogens is 1480 g/mol. The van der Waals surface area contributed by atoms with Crippen LogP contribution >= 0.6 is 15.6 Å². The molecule has 4 N–H and O–H groups in total. The number of hydrogen-bond acceptors (Lipinski definition) is 14. The molecule has 0 aromatic heterocycles. The molecule has 115 heavy (non-hydrogen) atoms. The smallest absolute Gasteiger partial charge is 0.463 e. The van der Waals surface area contributed by atoms with Gasteiger partial charge in [-0.2, -0.15) is 0 Å². The maximum Gasteiger partial charge on any atom is 0.472 e. The molecule has 660 valence electrons. The first-order valence-electron chi connectivity index (χ1n) is 45.8. The highest BCUT2D eigenvalue weighted by molar-refractivity contribution is 7.47. The van der Waals surface area contributed by atoms with E-state index in [1.165, 1.54) is 199 Å². The second-order valence-electron chi connectivity index (χ2n) is 30.4. The summed E-state index contributed by atoms with van der Waals surface area (Å²) in [5.74, 6) is -1.64. The number of hydrogen-bond donors (Lipinski definition) is 4. The lowest BCUT2D eigenvalue weighted by molar-refractivity contribution is -0.161. The number of unbranched alkanes of at least 4 members (excludes halogenated alkanes) is 37. The fraction of sp³-hybridized carbons (Fsp3) is 0.701. The van der Waals surface area contributed by atoms with E-state index >= 15 is 0 Å². The average molecular weight is 1650 g/mol. The van der Waals surface area contributed by atoms with Crippen molar-refractivity contribution in [3.05, 3.63) is 158 Å². The van der Waals surface area contributed by atoms with Gasteiger partial charge in [-0.05, 0) is 148 Å². The van der Waals surface area contributed by atoms with Crippen LogP contribution in [-0.4, -0.2) is 95.9 Å². The highest BCUT2D eigenvalue weighted by Gasteiger charge is 2.29. The molecule has 0 heterocycles. The van der Waals surface area contributed by atoms with Crippen LogP contribution in [0.3, 0.4) is 0 Å². The summed E-state index contributed by atoms with van der Waals surface area (Å²) >= 11 is 0. The summed E-state index contributed by atoms with van der Waals surface area (Å²) in [6.07, 6.45) is 113. The van der Waals surface area contributed by atoms with Crippen molar-refractivity contribution in [3.8, 4) is 0 Å². The largest absolute Gasteiger partial charge is 0.472 e. The summed E-state index contributed by atoms with van der Waals surface area (Å²) in [7, 11) is -9.83. The second kappa shape index (κ2) is 88.5. The van der Waals surface area contributed by atoms with Crippen LogP contribution in [0.15, 0.2) is 158 Å². The van der Waals surface area contributed by atoms with Gasteiger partial charge in [0.2, 0.25) is 0 Å². The molecule has 0 aliphatic carbocycles. The molecule has 5 unspecified atom stereocenters. The molecule has 5 atom stereocenters. The molecule has 0 aliphatic heterocycles. The number of carbonyl (C=O) groups excluding carboxylic acids is 3. The molecule has 0 aromatic rings. The first-order valence-corrected chi connectivity index (χ1v) is 48.8. The zero-order valence-electron chi connectivity index (χ0n) is 72.7. The summed E-state index contributed by atoms with van der Waals surface area (Å²) in [5.41, 5.74) is 0. The highest BCUT2D eigenvalue weighted by atomic mass is 31.2. The number of allylic oxidation sites excluding steroid dienone is 26. The summed E-state index contributed by atoms with van der Waals surface area (Å²) in [5, 5.41) is 20.7. The minimum Gasteiger partial charge on any atom is -0.463 e. The number of aliphatic hydroxyl groups excluding tert-OH is 2. The number of ether oxygens (including phenoxy) is 3. The third kappa shape index (κ3) is 89.8. The van der Waals surface area contributed by atoms with Gasteiger partial charge in [0.05, 0.1) is 26.4 Å². The van der Waals surface area contributed by atoms with Crippen molar-refractivity contribution < 1.29 is 75.8 Å². The Bertz CT molecular complexity index is 2720. The SMILES string of the molecule is CC/C=C\C/C=C\C/C=C\C/C=C\C/C=C\CCCC(=O)OC(COC(=O)CCCCCCCCCCCCCCCCC/C=C\C/C=C\C/C=C\C/C=C\CCCCC)COP(=O)(O)OCC(O)COP(=O)(O)OCC(O)COC(=O)CCCCCCCCCCCCCCCCC/C=C\C/C=C\C/C=C\C/C=C\CCCCC. The maximum absolute atomic E-state index is 13.0. The van der Waals surface area contributed by atoms with Crippen molar-refractivity contribution in [1.82, 2.24) is 0 Å². The molecule has 0 amide bonds. The van der Waals surface area contributed by atoms with E-state index in [0.29, 0.717) is 25.7 Å². The molecule has 0 bridgehead atoms. The zero-order chi connectivity index (χ0) is 83.6. The predicted molar refractivity (Wildman–Crippen MR) is 482 cm³/mol. The van der Waals surface area contributed by atoms with Crippen molar-refractivity contribution in [2.24, 2.45) is 0 Å². The Morgan fingerprint density at radius 1 is 0.252 bits per heavy atom. The van der Waals surface area contributed by atoms with E-state index in [2.05, 4.69) is 167 Å². The van der Waals surface area contributed by atoms with E-state index in [9.17, 15) is 43.5 Å². The van der Waals surface area contributed by atoms with Gasteiger partial charge in [-0.1, -0.05) is 371 Å². The van der Waals surface area contributed by atoms with Crippen molar-refractivity contribution in [2.75, 3.05) is 39.6 Å². The fourth-order valence-corrected chi connectivity index (χ4v) is 13.9. The van der Waals surface area contributed by atoms with Gasteiger partial charge in [0, 0.05) is 19.3 Å². The average Bonchev–Trinajstić information content (AvgIpc) is 0.891. The van der Waals surface area contributed by atoms with Crippen LogP contribution in [0.4, 0.5) is 0 Å². The standard InChI is InChI=1S/C97H166O16P2/c1-4-7-10-13-16-19-22-25-28-31-33-35-37-39-41-43-45-47-49-51-53-55-57-60-62-65-68-71-74-77-80-83-95(100)107-86-92(98)87-109-114(103,104)110-88-93(99)89-111-115(105,106)112-91-94(113-97(102)85-82-79-76-73-70-67-64-59-30-27-24-21-18-15-12-9-6-3)90-108-96(101)84-81-78-75-72-69-66-63-61-58-56-54-52-50-48-46-44-42-40-38-36-34-32-29-26-23-20-17-14-11-8-5-2/h9,12,16-21,25-30,33-36,39-42,64,67,73,76,92-94,98-99H,4-8,10-11,13-15,22-24,31-32,37-38,43-63,65-66,68-72,74-75,77-91H2,1-3H3,(H,103,104)(H,105,106)/b12-9-,19-16-,20-17-,21-18-,28-25-,29-26-,30-27-,35-33-,36-34-,41-39-,42-40-,67-64-,76-73-. The lowest BCUT2D eigenvalue weighted by atomic mass is 10.0. The van der Waals surface area contributed by atoms with Crippen LogP contribution < -0.4 is 0 Å². The molecule has 0 radical (unpaired) electrons. The molecule has 0 saturated carbocycles. The van der Waals surface area contributed by atoms with Crippen LogP contribution in [-0.2, 0) is 55.8 Å². The van der Waals surface area contributed by atoms with E-state index in [1.54, 1.807) is 0 Å². The molecule has 16 nitrogen and oxygen atoms in total. The third-order valence-electron chi connectivity index (χ3n) is 19.2. The van der Waals surface area contributed by atoms with Gasteiger partial charge in [-0.3, -0.25) is 32.5 Å². The lowest BCUT2D eigenvalue weighted by Gasteiger charge is -2.21. The minimum atomic E-state index is -4.96. The zero-order valence-corrected chi connectivity index (χ0v) is 74.5. The Kier molecular flexibility index (Phi) is 84.7. The lowest BCUT2D eigenvalue weighted by Crippen LogP contribution is -2.30. The Balaban J connectivity index is 4.54. The van der Waals surface area contributed by atoms with Crippen LogP contribution in [0.5, 0.6) is 0 Å². The second-order valence-corrected chi connectivity index (χ2v) is 33.3. The fourth-order valence-electron chi connectivity index (χ4n) is 12.3. The number of esters is 3. The number of aliphatic hydroxyl groups is 2. The molecule has 0 aliphatic rings. The van der Waals surface area contributed by atoms with Gasteiger partial charge >= 0.3 is 33.6 Å². The van der Waals surface area contributed by atoms with Crippen molar-refractivity contribution in [1.29, 1.82) is 0 Å². The topological polar surface area (TPSA) is 231 Å². The van der Waals surface area contributed by atoms with Crippen molar-refractivity contribution >= 4 is 33.6 Å². The molecule has 18 heteroatoms. The predicted octanol–water partition coefficient (Wildman–Crippen LogP) is 28.1. The summed E-state index contributed by atoms with van der Waals surface area (Å²) in [4.78, 5) is 58.9. The van der Waals surface area contributed by atoms with E-state index in [0.717, 1.165) is 116 Å². The Hall–Kier alpha value is -4.83. The monoisotopic (exact) mass is 1650 g/mol. The number of phosphoric ester groups is 2. The Labute approximate surface area is 701 Å². The van der Waals surface area contributed by atoms with Crippen LogP contribution in [0.1, 0.15) is 380 Å². The molecular formula is C97H166O16P2. The van der Waals surface area contributed by atoms with Gasteiger partial charge < -0.3 is 34.2 Å². The minimum absolute atomic E-state index is 0.0234. The molecule has 0 saturated heterocycles. The first-order chi connectivity index (χ1) is 56.2. The van der Waals surface area contributed by atoms with E-state index in [-0.39, 0.29) is 19.3 Å². The third-order valence-corrected chi connectivity index (χ3v) is 21.1. The Morgan fingerprint density at radius 3 is 0.757 bits per heavy atom. The normalized spacial score (nSPS) is 14.5. The molecule has 0 aromatic carbocycles. The summed E-state index contributed by atoms with van der Waals surface area (Å²) in [6.45, 7) is 2.48. The van der Waals surface area contributed by atoms with Gasteiger partial charge in [-0.25, -0.2) is 9.13 Å². The van der Waals surface area contributed by atoms with Crippen molar-refractivity contribution in [3.63, 3.8) is 0 Å². The van der Waals surface area contributed by atoms with E-state index in [1.807, 2.05) is 12.2 Å². The molecule has 0 rings (SSSR count). The maximum atomic E-state index is 13.0. The van der Waals surface area contributed by atoms with E-state index in [4.69, 9.17) is 32.3 Å². The van der Waals surface area contributed by atoms with Crippen LogP contribution in [0.25, 0.3) is 0 Å². The van der Waals surface area contributed by atoms with Crippen LogP contribution in [0.2, 0.25) is 0 Å². The quantitative estimate of drug-likeness (QED) is 0.0146. The first kappa shape index (κ1) is 110. The Morgan fingerprint density at radius 2 is 0.470 bits per heavy atom. The van der Waals surface area contributed by atoms with Gasteiger partial charge in [0.15, 0.2) is 6.10 Å². The highest BCUT2D eigenvalue weighted by Crippen LogP contribution is 2.45. The van der Waals surface area contributed by atoms with Crippen LogP contribution in [0, 0.1) is 0 Å². The van der Waals surface area contributed by atoms with Crippen molar-refractivity contribution in [2.45, 2.75) is 399 Å². The molecule has 0 fully saturated rings. The number of carbonyl (C=O) groups is 3. The van der Waals surface area contributed by atoms with Gasteiger partial charge in [-0.15, -0.1) is 0 Å². The molecule has 0 spiro atoms. The van der Waals surface area contributed by atoms with Gasteiger partial charge in [0.1, 0.15) is 25.4 Å². The number of phosphoric acid groups is 2. The summed E-state index contributed by atoms with van der Waals surface area (Å²) < 4.78 is 61.3. The summed E-state index contributed by atoms with van der Waals surface area (Å²) in [6, 6.07) is 0. The van der Waals surface area contributed by atoms with E-state index < -0.39 is 91.5 Å². The number of rotatable bonds is 86.